The quantitative estimate of drug-likeness (QED) is 0.881. The highest BCUT2D eigenvalue weighted by molar-refractivity contribution is 5.92. The van der Waals surface area contributed by atoms with Crippen molar-refractivity contribution < 1.29 is 14.3 Å². The molecule has 1 heterocycles. The molecule has 23 heavy (non-hydrogen) atoms. The predicted molar refractivity (Wildman–Crippen MR) is 89.5 cm³/mol. The number of ether oxygens (including phenoxy) is 2. The Labute approximate surface area is 135 Å². The van der Waals surface area contributed by atoms with Gasteiger partial charge >= 0.3 is 0 Å². The van der Waals surface area contributed by atoms with Crippen LogP contribution in [-0.2, 0) is 4.79 Å². The summed E-state index contributed by atoms with van der Waals surface area (Å²) in [5.74, 6) is 1.54. The number of methoxy groups -OCH3 is 1. The first-order valence-corrected chi connectivity index (χ1v) is 7.60. The van der Waals surface area contributed by atoms with Crippen LogP contribution in [0.1, 0.15) is 23.6 Å². The van der Waals surface area contributed by atoms with Crippen molar-refractivity contribution in [3.8, 4) is 11.5 Å². The summed E-state index contributed by atoms with van der Waals surface area (Å²) in [5.41, 5.74) is 1.98. The van der Waals surface area contributed by atoms with E-state index in [0.29, 0.717) is 6.61 Å². The molecule has 2 aromatic rings. The Balaban J connectivity index is 1.64. The van der Waals surface area contributed by atoms with Crippen LogP contribution in [0.15, 0.2) is 54.6 Å². The fourth-order valence-electron chi connectivity index (χ4n) is 2.60. The lowest BCUT2D eigenvalue weighted by molar-refractivity contribution is -0.117. The molecular weight excluding hydrogens is 290 g/mol. The molecule has 0 fully saturated rings. The van der Waals surface area contributed by atoms with Crippen LogP contribution < -0.4 is 14.8 Å². The van der Waals surface area contributed by atoms with Gasteiger partial charge in [-0.15, -0.1) is 0 Å². The first-order valence-electron chi connectivity index (χ1n) is 7.60. The minimum Gasteiger partial charge on any atom is -0.497 e. The molecule has 1 aliphatic rings. The molecule has 0 bridgehead atoms. The van der Waals surface area contributed by atoms with Crippen molar-refractivity contribution in [3.05, 3.63) is 65.7 Å². The van der Waals surface area contributed by atoms with E-state index < -0.39 is 0 Å². The van der Waals surface area contributed by atoms with E-state index >= 15 is 0 Å². The Morgan fingerprint density at radius 2 is 2.00 bits per heavy atom. The summed E-state index contributed by atoms with van der Waals surface area (Å²) in [5, 5.41) is 3.04. The number of nitrogens with one attached hydrogen (secondary N) is 1. The minimum absolute atomic E-state index is 0.00651. The molecule has 0 saturated heterocycles. The number of hydrogen-bond donors (Lipinski definition) is 1. The van der Waals surface area contributed by atoms with E-state index in [2.05, 4.69) is 5.32 Å². The Morgan fingerprint density at radius 3 is 2.78 bits per heavy atom. The van der Waals surface area contributed by atoms with Crippen molar-refractivity contribution >= 4 is 12.0 Å². The van der Waals surface area contributed by atoms with Crippen molar-refractivity contribution in [3.63, 3.8) is 0 Å². The molecule has 2 aromatic carbocycles. The van der Waals surface area contributed by atoms with Crippen LogP contribution in [0.25, 0.3) is 6.08 Å². The molecule has 0 radical (unpaired) electrons. The first kappa shape index (κ1) is 15.2. The lowest BCUT2D eigenvalue weighted by atomic mass is 10.0. The number of fused-ring (bicyclic) bond motifs is 1. The van der Waals surface area contributed by atoms with E-state index in [1.54, 1.807) is 19.3 Å². The number of carbonyl (C=O) groups is 1. The van der Waals surface area contributed by atoms with Crippen LogP contribution in [0.3, 0.4) is 0 Å². The molecule has 118 valence electrons. The summed E-state index contributed by atoms with van der Waals surface area (Å²) in [7, 11) is 1.63. The molecule has 3 rings (SSSR count). The largest absolute Gasteiger partial charge is 0.497 e. The zero-order valence-corrected chi connectivity index (χ0v) is 13.0. The molecule has 4 heteroatoms. The second kappa shape index (κ2) is 7.01. The van der Waals surface area contributed by atoms with Gasteiger partial charge in [-0.2, -0.15) is 0 Å². The SMILES string of the molecule is COc1ccc(/C=C/C(=O)NC2CCOc3ccccc32)cc1. The van der Waals surface area contributed by atoms with Crippen LogP contribution in [0.2, 0.25) is 0 Å². The minimum atomic E-state index is -0.109. The van der Waals surface area contributed by atoms with Crippen molar-refractivity contribution in [2.24, 2.45) is 0 Å². The molecule has 0 aromatic heterocycles. The zero-order chi connectivity index (χ0) is 16.1. The molecule has 1 amide bonds. The summed E-state index contributed by atoms with van der Waals surface area (Å²) in [6.07, 6.45) is 4.12. The Kier molecular flexibility index (Phi) is 4.62. The van der Waals surface area contributed by atoms with Crippen LogP contribution in [0, 0.1) is 0 Å². The number of carbonyl (C=O) groups excluding carboxylic acids is 1. The van der Waals surface area contributed by atoms with Crippen molar-refractivity contribution in [1.82, 2.24) is 5.32 Å². The van der Waals surface area contributed by atoms with Gasteiger partial charge in [0.25, 0.3) is 0 Å². The highest BCUT2D eigenvalue weighted by Crippen LogP contribution is 2.31. The van der Waals surface area contributed by atoms with Crippen LogP contribution in [0.4, 0.5) is 0 Å². The zero-order valence-electron chi connectivity index (χ0n) is 13.0. The van der Waals surface area contributed by atoms with E-state index in [1.807, 2.05) is 48.5 Å². The molecule has 1 atom stereocenters. The maximum absolute atomic E-state index is 12.2. The number of rotatable bonds is 4. The van der Waals surface area contributed by atoms with Gasteiger partial charge in [-0.05, 0) is 29.8 Å². The lowest BCUT2D eigenvalue weighted by Crippen LogP contribution is -2.30. The average Bonchev–Trinajstić information content (AvgIpc) is 2.61. The Hall–Kier alpha value is -2.75. The lowest BCUT2D eigenvalue weighted by Gasteiger charge is -2.26. The normalized spacial score (nSPS) is 16.5. The van der Waals surface area contributed by atoms with Crippen LogP contribution in [-0.4, -0.2) is 19.6 Å². The monoisotopic (exact) mass is 309 g/mol. The Bertz CT molecular complexity index is 707. The fourth-order valence-corrected chi connectivity index (χ4v) is 2.60. The van der Waals surface area contributed by atoms with Crippen molar-refractivity contribution in [2.45, 2.75) is 12.5 Å². The first-order chi connectivity index (χ1) is 11.3. The number of amides is 1. The third kappa shape index (κ3) is 3.72. The topological polar surface area (TPSA) is 47.6 Å². The maximum Gasteiger partial charge on any atom is 0.244 e. The molecule has 0 spiro atoms. The number of benzene rings is 2. The van der Waals surface area contributed by atoms with E-state index in [9.17, 15) is 4.79 Å². The van der Waals surface area contributed by atoms with Gasteiger partial charge in [-0.25, -0.2) is 0 Å². The van der Waals surface area contributed by atoms with Gasteiger partial charge in [0.2, 0.25) is 5.91 Å². The van der Waals surface area contributed by atoms with Gasteiger partial charge in [-0.3, -0.25) is 4.79 Å². The molecule has 1 N–H and O–H groups in total. The van der Waals surface area contributed by atoms with Gasteiger partial charge in [0.1, 0.15) is 11.5 Å². The fraction of sp³-hybridized carbons (Fsp3) is 0.211. The third-order valence-corrected chi connectivity index (χ3v) is 3.82. The van der Waals surface area contributed by atoms with E-state index in [-0.39, 0.29) is 11.9 Å². The highest BCUT2D eigenvalue weighted by Gasteiger charge is 2.21. The summed E-state index contributed by atoms with van der Waals surface area (Å²) < 4.78 is 10.7. The van der Waals surface area contributed by atoms with E-state index in [4.69, 9.17) is 9.47 Å². The highest BCUT2D eigenvalue weighted by atomic mass is 16.5. The maximum atomic E-state index is 12.2. The van der Waals surface area contributed by atoms with Gasteiger partial charge in [0.05, 0.1) is 19.8 Å². The van der Waals surface area contributed by atoms with Gasteiger partial charge in [-0.1, -0.05) is 30.3 Å². The molecule has 1 unspecified atom stereocenters. The number of hydrogen-bond acceptors (Lipinski definition) is 3. The van der Waals surface area contributed by atoms with Gasteiger partial charge in [0, 0.05) is 18.1 Å². The summed E-state index contributed by atoms with van der Waals surface area (Å²) in [4.78, 5) is 12.2. The van der Waals surface area contributed by atoms with Crippen molar-refractivity contribution in [1.29, 1.82) is 0 Å². The molecule has 0 aliphatic carbocycles. The summed E-state index contributed by atoms with van der Waals surface area (Å²) in [6.45, 7) is 0.615. The molecular formula is C19H19NO3. The van der Waals surface area contributed by atoms with E-state index in [0.717, 1.165) is 29.0 Å². The van der Waals surface area contributed by atoms with Crippen LogP contribution in [0.5, 0.6) is 11.5 Å². The molecule has 0 saturated carbocycles. The predicted octanol–water partition coefficient (Wildman–Crippen LogP) is 3.35. The average molecular weight is 309 g/mol. The van der Waals surface area contributed by atoms with E-state index in [1.165, 1.54) is 0 Å². The molecule has 4 nitrogen and oxygen atoms in total. The van der Waals surface area contributed by atoms with Crippen molar-refractivity contribution in [2.75, 3.05) is 13.7 Å². The Morgan fingerprint density at radius 1 is 1.22 bits per heavy atom. The van der Waals surface area contributed by atoms with Gasteiger partial charge in [0.15, 0.2) is 0 Å². The standard InChI is InChI=1S/C19H19NO3/c1-22-15-9-6-14(7-10-15)8-11-19(21)20-17-12-13-23-18-5-3-2-4-16(17)18/h2-11,17H,12-13H2,1H3,(H,20,21)/b11-8+. The number of para-hydroxylation sites is 1. The second-order valence-electron chi connectivity index (χ2n) is 5.34. The summed E-state index contributed by atoms with van der Waals surface area (Å²) >= 11 is 0. The third-order valence-electron chi connectivity index (χ3n) is 3.82. The second-order valence-corrected chi connectivity index (χ2v) is 5.34. The van der Waals surface area contributed by atoms with Gasteiger partial charge < -0.3 is 14.8 Å². The smallest absolute Gasteiger partial charge is 0.244 e. The molecule has 1 aliphatic heterocycles. The van der Waals surface area contributed by atoms with Crippen LogP contribution >= 0.6 is 0 Å². The summed E-state index contributed by atoms with van der Waals surface area (Å²) in [6, 6.07) is 15.4.